The molecule has 0 aliphatic carbocycles. The van der Waals surface area contributed by atoms with Crippen LogP contribution in [0.3, 0.4) is 0 Å². The number of carbonyl (C=O) groups is 2. The highest BCUT2D eigenvalue weighted by Gasteiger charge is 2.16. The fraction of sp³-hybridized carbons (Fsp3) is 0.500. The van der Waals surface area contributed by atoms with Gasteiger partial charge in [0.2, 0.25) is 5.91 Å². The van der Waals surface area contributed by atoms with E-state index in [4.69, 9.17) is 4.74 Å². The number of para-hydroxylation sites is 2. The van der Waals surface area contributed by atoms with Crippen LogP contribution in [-0.4, -0.2) is 38.2 Å². The predicted octanol–water partition coefficient (Wildman–Crippen LogP) is 2.61. The van der Waals surface area contributed by atoms with Crippen molar-refractivity contribution in [1.82, 2.24) is 5.32 Å². The summed E-state index contributed by atoms with van der Waals surface area (Å²) in [4.78, 5) is 25.3. The van der Waals surface area contributed by atoms with Crippen molar-refractivity contribution in [1.29, 1.82) is 0 Å². The average Bonchev–Trinajstić information content (AvgIpc) is 2.36. The predicted molar refractivity (Wildman–Crippen MR) is 88.3 cm³/mol. The van der Waals surface area contributed by atoms with Crippen molar-refractivity contribution in [3.63, 3.8) is 0 Å². The molecule has 2 amide bonds. The zero-order valence-corrected chi connectivity index (χ0v) is 13.9. The Morgan fingerprint density at radius 3 is 2.41 bits per heavy atom. The van der Waals surface area contributed by atoms with Crippen molar-refractivity contribution in [3.05, 3.63) is 24.3 Å². The molecule has 6 heteroatoms. The Kier molecular flexibility index (Phi) is 6.22. The molecule has 0 aliphatic heterocycles. The quantitative estimate of drug-likeness (QED) is 0.877. The smallest absolute Gasteiger partial charge is 0.407 e. The molecule has 0 radical (unpaired) electrons. The highest BCUT2D eigenvalue weighted by molar-refractivity contribution is 5.94. The van der Waals surface area contributed by atoms with Crippen molar-refractivity contribution in [3.8, 4) is 0 Å². The molecule has 0 fully saturated rings. The van der Waals surface area contributed by atoms with Crippen LogP contribution in [0.2, 0.25) is 0 Å². The SMILES string of the molecule is CN(C)c1ccccc1NC(=O)CCNC(=O)OC(C)(C)C. The molecule has 0 aromatic heterocycles. The van der Waals surface area contributed by atoms with E-state index in [1.165, 1.54) is 0 Å². The fourth-order valence-corrected chi connectivity index (χ4v) is 1.77. The number of anilines is 2. The van der Waals surface area contributed by atoms with Crippen LogP contribution in [0, 0.1) is 0 Å². The number of hydrogen-bond acceptors (Lipinski definition) is 4. The molecule has 0 heterocycles. The first-order chi connectivity index (χ1) is 10.2. The van der Waals surface area contributed by atoms with Crippen LogP contribution in [0.4, 0.5) is 16.2 Å². The molecule has 1 aromatic carbocycles. The molecule has 0 saturated heterocycles. The molecular weight excluding hydrogens is 282 g/mol. The average molecular weight is 307 g/mol. The van der Waals surface area contributed by atoms with Gasteiger partial charge >= 0.3 is 6.09 Å². The Bertz CT molecular complexity index is 522. The standard InChI is InChI=1S/C16H25N3O3/c1-16(2,3)22-15(21)17-11-10-14(20)18-12-8-6-7-9-13(12)19(4)5/h6-9H,10-11H2,1-5H3,(H,17,21)(H,18,20). The molecule has 122 valence electrons. The van der Waals surface area contributed by atoms with Gasteiger partial charge in [0, 0.05) is 27.1 Å². The van der Waals surface area contributed by atoms with Crippen LogP contribution >= 0.6 is 0 Å². The molecule has 0 atom stereocenters. The second-order valence-electron chi connectivity index (χ2n) is 6.14. The molecule has 1 rings (SSSR count). The minimum Gasteiger partial charge on any atom is -0.444 e. The molecule has 22 heavy (non-hydrogen) atoms. The van der Waals surface area contributed by atoms with E-state index in [9.17, 15) is 9.59 Å². The summed E-state index contributed by atoms with van der Waals surface area (Å²) in [6.45, 7) is 5.59. The Hall–Kier alpha value is -2.24. The molecule has 0 unspecified atom stereocenters. The van der Waals surface area contributed by atoms with E-state index in [-0.39, 0.29) is 18.9 Å². The van der Waals surface area contributed by atoms with E-state index in [1.54, 1.807) is 20.8 Å². The van der Waals surface area contributed by atoms with E-state index in [2.05, 4.69) is 10.6 Å². The number of carbonyl (C=O) groups excluding carboxylic acids is 2. The topological polar surface area (TPSA) is 70.7 Å². The summed E-state index contributed by atoms with van der Waals surface area (Å²) < 4.78 is 5.10. The molecule has 6 nitrogen and oxygen atoms in total. The fourth-order valence-electron chi connectivity index (χ4n) is 1.77. The number of rotatable bonds is 5. The van der Waals surface area contributed by atoms with Gasteiger partial charge in [-0.05, 0) is 32.9 Å². The molecule has 0 aliphatic rings. The van der Waals surface area contributed by atoms with Crippen molar-refractivity contribution >= 4 is 23.4 Å². The van der Waals surface area contributed by atoms with Gasteiger partial charge in [0.25, 0.3) is 0 Å². The van der Waals surface area contributed by atoms with Gasteiger partial charge in [-0.1, -0.05) is 12.1 Å². The normalized spacial score (nSPS) is 10.8. The van der Waals surface area contributed by atoms with Gasteiger partial charge in [-0.15, -0.1) is 0 Å². The Morgan fingerprint density at radius 2 is 1.82 bits per heavy atom. The molecule has 0 bridgehead atoms. The summed E-state index contributed by atoms with van der Waals surface area (Å²) in [5.41, 5.74) is 1.13. The van der Waals surface area contributed by atoms with Gasteiger partial charge in [0.15, 0.2) is 0 Å². The third-order valence-corrected chi connectivity index (χ3v) is 2.68. The molecule has 0 spiro atoms. The minimum atomic E-state index is -0.545. The highest BCUT2D eigenvalue weighted by Crippen LogP contribution is 2.23. The van der Waals surface area contributed by atoms with Crippen LogP contribution in [0.15, 0.2) is 24.3 Å². The van der Waals surface area contributed by atoms with Crippen molar-refractivity contribution < 1.29 is 14.3 Å². The van der Waals surface area contributed by atoms with Crippen LogP contribution in [0.5, 0.6) is 0 Å². The Balaban J connectivity index is 2.43. The lowest BCUT2D eigenvalue weighted by Gasteiger charge is -2.20. The Labute approximate surface area is 131 Å². The van der Waals surface area contributed by atoms with Gasteiger partial charge in [0.05, 0.1) is 11.4 Å². The summed E-state index contributed by atoms with van der Waals surface area (Å²) in [7, 11) is 3.82. The maximum absolute atomic E-state index is 11.9. The molecule has 1 aromatic rings. The van der Waals surface area contributed by atoms with Crippen LogP contribution in [0.25, 0.3) is 0 Å². The summed E-state index contributed by atoms with van der Waals surface area (Å²) >= 11 is 0. The second kappa shape index (κ2) is 7.68. The van der Waals surface area contributed by atoms with Gasteiger partial charge in [0.1, 0.15) is 5.60 Å². The molecular formula is C16H25N3O3. The highest BCUT2D eigenvalue weighted by atomic mass is 16.6. The second-order valence-corrected chi connectivity index (χ2v) is 6.14. The van der Waals surface area contributed by atoms with Crippen molar-refractivity contribution in [2.75, 3.05) is 30.9 Å². The molecule has 2 N–H and O–H groups in total. The summed E-state index contributed by atoms with van der Waals surface area (Å²) in [5, 5.41) is 5.40. The first kappa shape index (κ1) is 17.8. The number of amides is 2. The number of nitrogens with one attached hydrogen (secondary N) is 2. The van der Waals surface area contributed by atoms with Gasteiger partial charge < -0.3 is 20.3 Å². The maximum Gasteiger partial charge on any atom is 0.407 e. The van der Waals surface area contributed by atoms with E-state index in [0.29, 0.717) is 0 Å². The van der Waals surface area contributed by atoms with E-state index in [0.717, 1.165) is 11.4 Å². The minimum absolute atomic E-state index is 0.162. The lowest BCUT2D eigenvalue weighted by Crippen LogP contribution is -2.34. The molecule has 0 saturated carbocycles. The van der Waals surface area contributed by atoms with E-state index < -0.39 is 11.7 Å². The number of nitrogens with zero attached hydrogens (tertiary/aromatic N) is 1. The monoisotopic (exact) mass is 307 g/mol. The number of alkyl carbamates (subject to hydrolysis) is 1. The number of ether oxygens (including phenoxy) is 1. The van der Waals surface area contributed by atoms with E-state index in [1.807, 2.05) is 43.3 Å². The first-order valence-electron chi connectivity index (χ1n) is 7.22. The third kappa shape index (κ3) is 6.47. The summed E-state index contributed by atoms with van der Waals surface area (Å²) in [5.74, 6) is -0.162. The van der Waals surface area contributed by atoms with Crippen molar-refractivity contribution in [2.24, 2.45) is 0 Å². The summed E-state index contributed by atoms with van der Waals surface area (Å²) in [6.07, 6.45) is -0.338. The van der Waals surface area contributed by atoms with Gasteiger partial charge in [-0.25, -0.2) is 4.79 Å². The third-order valence-electron chi connectivity index (χ3n) is 2.68. The Morgan fingerprint density at radius 1 is 1.18 bits per heavy atom. The van der Waals surface area contributed by atoms with Crippen LogP contribution < -0.4 is 15.5 Å². The summed E-state index contributed by atoms with van der Waals surface area (Å²) in [6, 6.07) is 7.54. The van der Waals surface area contributed by atoms with Crippen molar-refractivity contribution in [2.45, 2.75) is 32.8 Å². The number of benzene rings is 1. The van der Waals surface area contributed by atoms with Crippen LogP contribution in [0.1, 0.15) is 27.2 Å². The van der Waals surface area contributed by atoms with Crippen LogP contribution in [-0.2, 0) is 9.53 Å². The lowest BCUT2D eigenvalue weighted by atomic mass is 10.2. The zero-order chi connectivity index (χ0) is 16.8. The van der Waals surface area contributed by atoms with E-state index >= 15 is 0 Å². The maximum atomic E-state index is 11.9. The largest absolute Gasteiger partial charge is 0.444 e. The zero-order valence-electron chi connectivity index (χ0n) is 13.9. The first-order valence-corrected chi connectivity index (χ1v) is 7.22. The van der Waals surface area contributed by atoms with Gasteiger partial charge in [-0.3, -0.25) is 4.79 Å². The number of hydrogen-bond donors (Lipinski definition) is 2. The lowest BCUT2D eigenvalue weighted by molar-refractivity contribution is -0.116. The van der Waals surface area contributed by atoms with Gasteiger partial charge in [-0.2, -0.15) is 0 Å².